The summed E-state index contributed by atoms with van der Waals surface area (Å²) < 4.78 is 2.04. The highest BCUT2D eigenvalue weighted by molar-refractivity contribution is 9.10. The van der Waals surface area contributed by atoms with Crippen LogP contribution in [0.5, 0.6) is 0 Å². The van der Waals surface area contributed by atoms with Crippen molar-refractivity contribution in [1.29, 1.82) is 0 Å². The molecule has 2 aromatic rings. The van der Waals surface area contributed by atoms with E-state index in [0.717, 1.165) is 20.5 Å². The van der Waals surface area contributed by atoms with Crippen molar-refractivity contribution in [3.8, 4) is 0 Å². The highest BCUT2D eigenvalue weighted by Gasteiger charge is 2.05. The molecule has 0 radical (unpaired) electrons. The lowest BCUT2D eigenvalue weighted by molar-refractivity contribution is 0.574. The molecule has 1 N–H and O–H groups in total. The average Bonchev–Trinajstić information content (AvgIpc) is 2.40. The molecule has 0 aromatic heterocycles. The van der Waals surface area contributed by atoms with E-state index in [4.69, 9.17) is 11.6 Å². The van der Waals surface area contributed by atoms with Gasteiger partial charge in [-0.05, 0) is 58.2 Å². The van der Waals surface area contributed by atoms with Gasteiger partial charge in [-0.15, -0.1) is 0 Å². The van der Waals surface area contributed by atoms with E-state index in [1.807, 2.05) is 18.2 Å². The predicted molar refractivity (Wildman–Crippen MR) is 88.5 cm³/mol. The number of halogens is 3. The van der Waals surface area contributed by atoms with Gasteiger partial charge in [-0.1, -0.05) is 45.7 Å². The molecule has 0 aliphatic rings. The second kappa shape index (κ2) is 6.89. The summed E-state index contributed by atoms with van der Waals surface area (Å²) >= 11 is 12.9. The third-order valence-corrected chi connectivity index (χ3v) is 4.71. The van der Waals surface area contributed by atoms with Crippen LogP contribution in [0.25, 0.3) is 0 Å². The Kier molecular flexibility index (Phi) is 5.46. The Morgan fingerprint density at radius 3 is 2.42 bits per heavy atom. The SMILES string of the molecule is C[C@H](NCc1ccc(Cl)c(Br)c1)c1ccc(Br)cc1. The van der Waals surface area contributed by atoms with E-state index in [1.54, 1.807) is 0 Å². The molecule has 1 atom stereocenters. The van der Waals surface area contributed by atoms with E-state index in [9.17, 15) is 0 Å². The van der Waals surface area contributed by atoms with Gasteiger partial charge in [-0.3, -0.25) is 0 Å². The van der Waals surface area contributed by atoms with Crippen LogP contribution < -0.4 is 5.32 Å². The second-order valence-corrected chi connectivity index (χ2v) is 6.58. The fourth-order valence-electron chi connectivity index (χ4n) is 1.79. The van der Waals surface area contributed by atoms with Crippen molar-refractivity contribution in [2.75, 3.05) is 0 Å². The summed E-state index contributed by atoms with van der Waals surface area (Å²) in [5.41, 5.74) is 2.48. The number of rotatable bonds is 4. The molecule has 0 saturated heterocycles. The maximum atomic E-state index is 5.98. The Balaban J connectivity index is 1.98. The molecule has 2 aromatic carbocycles. The zero-order valence-electron chi connectivity index (χ0n) is 10.5. The van der Waals surface area contributed by atoms with Crippen molar-refractivity contribution >= 4 is 43.5 Å². The first kappa shape index (κ1) is 15.0. The van der Waals surface area contributed by atoms with Gasteiger partial charge in [-0.25, -0.2) is 0 Å². The van der Waals surface area contributed by atoms with Gasteiger partial charge in [0.2, 0.25) is 0 Å². The van der Waals surface area contributed by atoms with E-state index in [1.165, 1.54) is 11.1 Å². The molecule has 2 rings (SSSR count). The minimum absolute atomic E-state index is 0.308. The highest BCUT2D eigenvalue weighted by Crippen LogP contribution is 2.23. The smallest absolute Gasteiger partial charge is 0.0548 e. The largest absolute Gasteiger partial charge is 0.306 e. The topological polar surface area (TPSA) is 12.0 Å². The Labute approximate surface area is 135 Å². The van der Waals surface area contributed by atoms with Gasteiger partial charge in [-0.2, -0.15) is 0 Å². The molecular formula is C15H14Br2ClN. The number of benzene rings is 2. The molecule has 0 heterocycles. The van der Waals surface area contributed by atoms with Crippen LogP contribution in [0.2, 0.25) is 5.02 Å². The maximum absolute atomic E-state index is 5.98. The number of nitrogens with one attached hydrogen (secondary N) is 1. The Morgan fingerprint density at radius 2 is 1.79 bits per heavy atom. The monoisotopic (exact) mass is 401 g/mol. The van der Waals surface area contributed by atoms with Gasteiger partial charge in [0.15, 0.2) is 0 Å². The third-order valence-electron chi connectivity index (χ3n) is 2.97. The Bertz CT molecular complexity index is 555. The van der Waals surface area contributed by atoms with Crippen molar-refractivity contribution in [1.82, 2.24) is 5.32 Å². The zero-order chi connectivity index (χ0) is 13.8. The van der Waals surface area contributed by atoms with E-state index in [-0.39, 0.29) is 0 Å². The van der Waals surface area contributed by atoms with Crippen molar-refractivity contribution in [2.45, 2.75) is 19.5 Å². The van der Waals surface area contributed by atoms with Gasteiger partial charge in [0.05, 0.1) is 5.02 Å². The van der Waals surface area contributed by atoms with Crippen LogP contribution in [0.15, 0.2) is 51.4 Å². The quantitative estimate of drug-likeness (QED) is 0.689. The molecule has 4 heteroatoms. The van der Waals surface area contributed by atoms with Crippen LogP contribution in [0, 0.1) is 0 Å². The van der Waals surface area contributed by atoms with Gasteiger partial charge < -0.3 is 5.32 Å². The normalized spacial score (nSPS) is 12.4. The van der Waals surface area contributed by atoms with Crippen LogP contribution in [0.4, 0.5) is 0 Å². The molecule has 1 nitrogen and oxygen atoms in total. The summed E-state index contributed by atoms with van der Waals surface area (Å²) in [7, 11) is 0. The fraction of sp³-hybridized carbons (Fsp3) is 0.200. The van der Waals surface area contributed by atoms with Crippen molar-refractivity contribution < 1.29 is 0 Å². The minimum Gasteiger partial charge on any atom is -0.306 e. The van der Waals surface area contributed by atoms with Crippen LogP contribution in [-0.2, 0) is 6.54 Å². The standard InChI is InChI=1S/C15H14Br2ClN/c1-10(12-3-5-13(16)6-4-12)19-9-11-2-7-15(18)14(17)8-11/h2-8,10,19H,9H2,1H3/t10-/m0/s1. The van der Waals surface area contributed by atoms with E-state index in [0.29, 0.717) is 6.04 Å². The summed E-state index contributed by atoms with van der Waals surface area (Å²) in [5, 5.41) is 4.24. The van der Waals surface area contributed by atoms with Crippen molar-refractivity contribution in [3.05, 3.63) is 67.6 Å². The molecule has 0 fully saturated rings. The molecule has 19 heavy (non-hydrogen) atoms. The first-order chi connectivity index (χ1) is 9.06. The summed E-state index contributed by atoms with van der Waals surface area (Å²) in [6.45, 7) is 2.97. The summed E-state index contributed by atoms with van der Waals surface area (Å²) in [4.78, 5) is 0. The predicted octanol–water partition coefficient (Wildman–Crippen LogP) is 5.72. The van der Waals surface area contributed by atoms with E-state index >= 15 is 0 Å². The van der Waals surface area contributed by atoms with E-state index < -0.39 is 0 Å². The molecule has 0 spiro atoms. The molecule has 0 aliphatic carbocycles. The van der Waals surface area contributed by atoms with Gasteiger partial charge in [0.25, 0.3) is 0 Å². The summed E-state index contributed by atoms with van der Waals surface area (Å²) in [6, 6.07) is 14.7. The molecule has 0 saturated carbocycles. The minimum atomic E-state index is 0.308. The third kappa shape index (κ3) is 4.32. The van der Waals surface area contributed by atoms with Gasteiger partial charge in [0.1, 0.15) is 0 Å². The lowest BCUT2D eigenvalue weighted by atomic mass is 10.1. The van der Waals surface area contributed by atoms with Crippen LogP contribution in [0.1, 0.15) is 24.1 Å². The second-order valence-electron chi connectivity index (χ2n) is 4.40. The van der Waals surface area contributed by atoms with Crippen molar-refractivity contribution in [2.24, 2.45) is 0 Å². The Morgan fingerprint density at radius 1 is 1.11 bits per heavy atom. The molecule has 0 amide bonds. The zero-order valence-corrected chi connectivity index (χ0v) is 14.4. The van der Waals surface area contributed by atoms with Gasteiger partial charge in [0, 0.05) is 21.5 Å². The first-order valence-corrected chi connectivity index (χ1v) is 7.95. The fourth-order valence-corrected chi connectivity index (χ4v) is 2.60. The lowest BCUT2D eigenvalue weighted by Crippen LogP contribution is -2.17. The van der Waals surface area contributed by atoms with Crippen LogP contribution in [0.3, 0.4) is 0 Å². The lowest BCUT2D eigenvalue weighted by Gasteiger charge is -2.14. The molecule has 0 aliphatic heterocycles. The molecule has 0 bridgehead atoms. The van der Waals surface area contributed by atoms with Crippen molar-refractivity contribution in [3.63, 3.8) is 0 Å². The molecular weight excluding hydrogens is 389 g/mol. The first-order valence-electron chi connectivity index (χ1n) is 5.99. The highest BCUT2D eigenvalue weighted by atomic mass is 79.9. The van der Waals surface area contributed by atoms with Crippen LogP contribution >= 0.6 is 43.5 Å². The summed E-state index contributed by atoms with van der Waals surface area (Å²) in [5.74, 6) is 0. The number of hydrogen-bond donors (Lipinski definition) is 1. The van der Waals surface area contributed by atoms with Crippen LogP contribution in [-0.4, -0.2) is 0 Å². The molecule has 100 valence electrons. The average molecular weight is 404 g/mol. The van der Waals surface area contributed by atoms with E-state index in [2.05, 4.69) is 68.4 Å². The maximum Gasteiger partial charge on any atom is 0.0548 e. The Hall–Kier alpha value is -0.350. The summed E-state index contributed by atoms with van der Waals surface area (Å²) in [6.07, 6.45) is 0. The van der Waals surface area contributed by atoms with Gasteiger partial charge >= 0.3 is 0 Å². The number of hydrogen-bond acceptors (Lipinski definition) is 1. The molecule has 0 unspecified atom stereocenters.